The number of carbonyl (C=O) groups excluding carboxylic acids is 1. The van der Waals surface area contributed by atoms with E-state index in [4.69, 9.17) is 5.11 Å². The zero-order valence-corrected chi connectivity index (χ0v) is 11.8. The Labute approximate surface area is 134 Å². The Bertz CT molecular complexity index is 486. The molecular weight excluding hydrogens is 417 g/mol. The van der Waals surface area contributed by atoms with E-state index < -0.39 is 41.8 Å². The predicted octanol–water partition coefficient (Wildman–Crippen LogP) is 0.696. The number of halogens is 13. The quantitative estimate of drug-likeness (QED) is 0.615. The van der Waals surface area contributed by atoms with Crippen molar-refractivity contribution in [1.82, 2.24) is 0 Å². The van der Waals surface area contributed by atoms with E-state index in [1.165, 1.54) is 0 Å². The summed E-state index contributed by atoms with van der Waals surface area (Å²) in [6, 6.07) is 0. The van der Waals surface area contributed by atoms with Crippen LogP contribution < -0.4 is 10.8 Å². The van der Waals surface area contributed by atoms with Crippen molar-refractivity contribution in [3.8, 4) is 0 Å². The fourth-order valence-corrected chi connectivity index (χ4v) is 0.898. The highest BCUT2D eigenvalue weighted by molar-refractivity contribution is 5.75. The lowest BCUT2D eigenvalue weighted by molar-refractivity contribution is -0.443. The Morgan fingerprint density at radius 1 is 0.731 bits per heavy atom. The van der Waals surface area contributed by atoms with Gasteiger partial charge in [0.2, 0.25) is 0 Å². The summed E-state index contributed by atoms with van der Waals surface area (Å²) in [6.45, 7) is 0.833. The van der Waals surface area contributed by atoms with Crippen LogP contribution in [0, 0.1) is 0 Å². The average molecular weight is 425 g/mol. The maximum atomic E-state index is 12.6. The second-order valence-corrected chi connectivity index (χ2v) is 4.23. The maximum Gasteiger partial charge on any atom is 0.460 e. The highest BCUT2D eigenvalue weighted by atomic mass is 19.4. The highest BCUT2D eigenvalue weighted by Crippen LogP contribution is 2.60. The summed E-state index contributed by atoms with van der Waals surface area (Å²) in [5.41, 5.74) is 3.35. The molecule has 0 radical (unpaired) electrons. The van der Waals surface area contributed by atoms with Crippen molar-refractivity contribution in [3.63, 3.8) is 0 Å². The van der Waals surface area contributed by atoms with Crippen molar-refractivity contribution in [1.29, 1.82) is 0 Å². The number of hydrogen-bond acceptors (Lipinski definition) is 3. The summed E-state index contributed by atoms with van der Waals surface area (Å²) in [7, 11) is 0. The molecule has 0 aliphatic carbocycles. The van der Waals surface area contributed by atoms with Gasteiger partial charge in [0.15, 0.2) is 0 Å². The second-order valence-electron chi connectivity index (χ2n) is 4.23. The van der Waals surface area contributed by atoms with Crippen LogP contribution in [0.15, 0.2) is 0 Å². The molecule has 0 atom stereocenters. The number of aliphatic hydroxyl groups excluding tert-OH is 1. The molecule has 0 saturated carbocycles. The van der Waals surface area contributed by atoms with Crippen LogP contribution in [0.1, 0.15) is 0 Å². The number of carboxylic acid groups (broad SMARTS) is 1. The molecule has 4 nitrogen and oxygen atoms in total. The van der Waals surface area contributed by atoms with Gasteiger partial charge in [0.25, 0.3) is 0 Å². The zero-order chi connectivity index (χ0) is 22.0. The summed E-state index contributed by atoms with van der Waals surface area (Å²) in [5, 5.41) is 17.4. The van der Waals surface area contributed by atoms with Crippen LogP contribution in [0.5, 0.6) is 0 Å². The first kappa shape index (κ1) is 26.7. The van der Waals surface area contributed by atoms with Gasteiger partial charge in [0, 0.05) is 0 Å². The van der Waals surface area contributed by atoms with Crippen molar-refractivity contribution in [2.45, 2.75) is 35.8 Å². The predicted molar refractivity (Wildman–Crippen MR) is 50.6 cm³/mol. The normalized spacial score (nSPS) is 14.6. The van der Waals surface area contributed by atoms with Gasteiger partial charge in [-0.2, -0.15) is 57.1 Å². The largest absolute Gasteiger partial charge is 0.544 e. The first-order chi connectivity index (χ1) is 11.1. The standard InChI is InChI=1S/C7HF13O2.C2H7NO/c8-2(9,1(21)22)3(10,11)4(12,13)5(14,15)6(16,17)7(18,19)20;3-1-2-4/h(H,21,22);4H,1-3H2. The second kappa shape index (κ2) is 7.61. The Morgan fingerprint density at radius 3 is 1.19 bits per heavy atom. The monoisotopic (exact) mass is 425 g/mol. The molecule has 0 bridgehead atoms. The van der Waals surface area contributed by atoms with E-state index >= 15 is 0 Å². The number of carbonyl (C=O) groups is 1. The molecule has 17 heteroatoms. The Balaban J connectivity index is 0. The van der Waals surface area contributed by atoms with Gasteiger partial charge < -0.3 is 20.7 Å². The lowest BCUT2D eigenvalue weighted by atomic mass is 9.94. The van der Waals surface area contributed by atoms with Crippen molar-refractivity contribution in [3.05, 3.63) is 0 Å². The van der Waals surface area contributed by atoms with Crippen LogP contribution in [-0.4, -0.2) is 60.0 Å². The third-order valence-corrected chi connectivity index (χ3v) is 2.35. The van der Waals surface area contributed by atoms with Crippen LogP contribution in [0.2, 0.25) is 0 Å². The first-order valence-electron chi connectivity index (χ1n) is 5.68. The molecule has 0 fully saturated rings. The highest BCUT2D eigenvalue weighted by Gasteiger charge is 2.90. The third kappa shape index (κ3) is 4.07. The van der Waals surface area contributed by atoms with E-state index in [1.54, 1.807) is 0 Å². The zero-order valence-electron chi connectivity index (χ0n) is 11.8. The van der Waals surface area contributed by atoms with Crippen molar-refractivity contribution >= 4 is 5.97 Å². The average Bonchev–Trinajstić information content (AvgIpc) is 2.45. The van der Waals surface area contributed by atoms with E-state index in [2.05, 4.69) is 5.73 Å². The number of rotatable bonds is 6. The number of quaternary nitrogens is 1. The first-order valence-corrected chi connectivity index (χ1v) is 5.68. The molecule has 0 spiro atoms. The van der Waals surface area contributed by atoms with Crippen LogP contribution in [0.25, 0.3) is 0 Å². The smallest absolute Gasteiger partial charge is 0.460 e. The summed E-state index contributed by atoms with van der Waals surface area (Å²) < 4.78 is 159. The molecule has 0 heterocycles. The maximum absolute atomic E-state index is 12.6. The fourth-order valence-electron chi connectivity index (χ4n) is 0.898. The minimum atomic E-state index is -8.11. The molecular formula is C9H8F13NO3. The molecule has 158 valence electrons. The lowest BCUT2D eigenvalue weighted by Crippen LogP contribution is -2.72. The molecule has 26 heavy (non-hydrogen) atoms. The molecule has 0 aliphatic rings. The Hall–Kier alpha value is -1.52. The lowest BCUT2D eigenvalue weighted by Gasteiger charge is -2.39. The SMILES string of the molecule is O=C([O-])C(F)(F)C(F)(F)C(F)(F)C(F)(F)C(F)(F)C(F)(F)F.[NH3+]CCO. The number of carboxylic acids is 1. The van der Waals surface area contributed by atoms with Crippen molar-refractivity contribution in [2.75, 3.05) is 13.2 Å². The van der Waals surface area contributed by atoms with Crippen LogP contribution in [0.3, 0.4) is 0 Å². The summed E-state index contributed by atoms with van der Waals surface area (Å²) >= 11 is 0. The topological polar surface area (TPSA) is 88.0 Å². The molecule has 0 aliphatic heterocycles. The molecule has 0 aromatic carbocycles. The molecule has 0 aromatic heterocycles. The summed E-state index contributed by atoms with van der Waals surface area (Å²) in [5.74, 6) is -43.5. The van der Waals surface area contributed by atoms with Crippen molar-refractivity contribution < 1.29 is 77.8 Å². The Kier molecular flexibility index (Phi) is 7.82. The van der Waals surface area contributed by atoms with E-state index in [1.807, 2.05) is 0 Å². The summed E-state index contributed by atoms with van der Waals surface area (Å²) in [6.07, 6.45) is -7.53. The molecule has 0 amide bonds. The van der Waals surface area contributed by atoms with Gasteiger partial charge in [-0.15, -0.1) is 0 Å². The van der Waals surface area contributed by atoms with Gasteiger partial charge in [-0.3, -0.25) is 0 Å². The van der Waals surface area contributed by atoms with E-state index in [-0.39, 0.29) is 6.61 Å². The van der Waals surface area contributed by atoms with Gasteiger partial charge in [0.05, 0.1) is 13.2 Å². The van der Waals surface area contributed by atoms with E-state index in [0.29, 0.717) is 6.54 Å². The van der Waals surface area contributed by atoms with Gasteiger partial charge in [-0.25, -0.2) is 0 Å². The fraction of sp³-hybridized carbons (Fsp3) is 0.889. The molecule has 0 unspecified atom stereocenters. The number of hydrogen-bond donors (Lipinski definition) is 2. The number of aliphatic carboxylic acids is 1. The third-order valence-electron chi connectivity index (χ3n) is 2.35. The molecule has 0 aromatic rings. The summed E-state index contributed by atoms with van der Waals surface area (Å²) in [4.78, 5) is 9.56. The number of alkyl halides is 13. The minimum absolute atomic E-state index is 0.208. The molecule has 0 saturated heterocycles. The van der Waals surface area contributed by atoms with Crippen LogP contribution in [-0.2, 0) is 4.79 Å². The number of aliphatic hydroxyl groups is 1. The van der Waals surface area contributed by atoms with Crippen molar-refractivity contribution in [2.24, 2.45) is 0 Å². The minimum Gasteiger partial charge on any atom is -0.544 e. The molecule has 0 rings (SSSR count). The molecule has 4 N–H and O–H groups in total. The van der Waals surface area contributed by atoms with Gasteiger partial charge in [-0.1, -0.05) is 0 Å². The van der Waals surface area contributed by atoms with Gasteiger partial charge in [-0.05, 0) is 0 Å². The van der Waals surface area contributed by atoms with Gasteiger partial charge in [0.1, 0.15) is 5.97 Å². The Morgan fingerprint density at radius 2 is 1.00 bits per heavy atom. The van der Waals surface area contributed by atoms with E-state index in [0.717, 1.165) is 0 Å². The van der Waals surface area contributed by atoms with Crippen LogP contribution >= 0.6 is 0 Å². The van der Waals surface area contributed by atoms with E-state index in [9.17, 15) is 67.0 Å². The van der Waals surface area contributed by atoms with Gasteiger partial charge >= 0.3 is 35.8 Å². The van der Waals surface area contributed by atoms with Crippen LogP contribution in [0.4, 0.5) is 57.1 Å².